The number of nitro groups is 1. The highest BCUT2D eigenvalue weighted by atomic mass is 32.1. The summed E-state index contributed by atoms with van der Waals surface area (Å²) in [7, 11) is 0. The topological polar surface area (TPSA) is 94.8 Å². The van der Waals surface area contributed by atoms with Crippen LogP contribution < -0.4 is 10.5 Å². The molecule has 0 aliphatic carbocycles. The second kappa shape index (κ2) is 7.44. The number of benzene rings is 1. The zero-order valence-corrected chi connectivity index (χ0v) is 17.0. The number of terminal acetylenes is 1. The average molecular weight is 455 g/mol. The standard InChI is InChI=1S/C19H16F3N3O5S/c1-3-11-12(19(20,21)22)8-13(25(27)28)15-14(11)16(26)23-17(31-15)24-6-4-18(5-7-24)29-9-10(2)30-18/h1,8,10H,4-7,9H2,2H3/t10-/m0/s1. The fourth-order valence-corrected chi connectivity index (χ4v) is 5.02. The van der Waals surface area contributed by atoms with Crippen molar-refractivity contribution in [2.45, 2.75) is 37.8 Å². The summed E-state index contributed by atoms with van der Waals surface area (Å²) in [6, 6.07) is 0.379. The van der Waals surface area contributed by atoms with Gasteiger partial charge >= 0.3 is 6.18 Å². The monoisotopic (exact) mass is 455 g/mol. The van der Waals surface area contributed by atoms with Gasteiger partial charge in [-0.2, -0.15) is 18.2 Å². The number of piperidine rings is 1. The van der Waals surface area contributed by atoms with Crippen molar-refractivity contribution in [2.24, 2.45) is 0 Å². The third-order valence-corrected chi connectivity index (χ3v) is 6.45. The fraction of sp³-hybridized carbons (Fsp3) is 0.474. The van der Waals surface area contributed by atoms with Gasteiger partial charge in [-0.05, 0) is 6.92 Å². The maximum atomic E-state index is 13.4. The summed E-state index contributed by atoms with van der Waals surface area (Å²) in [5.41, 5.74) is -4.02. The number of hydrogen-bond acceptors (Lipinski definition) is 8. The minimum Gasteiger partial charge on any atom is -0.348 e. The van der Waals surface area contributed by atoms with E-state index in [4.69, 9.17) is 15.9 Å². The predicted octanol–water partition coefficient (Wildman–Crippen LogP) is 3.30. The van der Waals surface area contributed by atoms with E-state index >= 15 is 0 Å². The molecule has 164 valence electrons. The Kier molecular flexibility index (Phi) is 5.15. The second-order valence-corrected chi connectivity index (χ2v) is 8.34. The summed E-state index contributed by atoms with van der Waals surface area (Å²) in [6.45, 7) is 3.18. The quantitative estimate of drug-likeness (QED) is 0.390. The largest absolute Gasteiger partial charge is 0.417 e. The smallest absolute Gasteiger partial charge is 0.348 e. The van der Waals surface area contributed by atoms with Gasteiger partial charge in [0, 0.05) is 32.0 Å². The number of fused-ring (bicyclic) bond motifs is 1. The van der Waals surface area contributed by atoms with Crippen LogP contribution in [0.25, 0.3) is 10.1 Å². The summed E-state index contributed by atoms with van der Waals surface area (Å²) in [4.78, 5) is 28.9. The summed E-state index contributed by atoms with van der Waals surface area (Å²) < 4.78 is 51.6. The first-order valence-corrected chi connectivity index (χ1v) is 10.1. The lowest BCUT2D eigenvalue weighted by Gasteiger charge is -2.38. The minimum absolute atomic E-state index is 0.0333. The van der Waals surface area contributed by atoms with Crippen LogP contribution in [0.4, 0.5) is 24.0 Å². The molecule has 2 fully saturated rings. The van der Waals surface area contributed by atoms with Gasteiger partial charge in [0.1, 0.15) is 4.70 Å². The van der Waals surface area contributed by atoms with E-state index in [9.17, 15) is 28.1 Å². The molecule has 0 unspecified atom stereocenters. The molecule has 31 heavy (non-hydrogen) atoms. The first-order valence-electron chi connectivity index (χ1n) is 9.31. The molecular weight excluding hydrogens is 439 g/mol. The molecule has 1 aromatic carbocycles. The molecule has 1 atom stereocenters. The normalized spacial score (nSPS) is 20.9. The highest BCUT2D eigenvalue weighted by Gasteiger charge is 2.43. The maximum Gasteiger partial charge on any atom is 0.417 e. The summed E-state index contributed by atoms with van der Waals surface area (Å²) in [5, 5.41) is 11.1. The lowest BCUT2D eigenvalue weighted by molar-refractivity contribution is -0.383. The number of anilines is 1. The Hall–Kier alpha value is -2.75. The van der Waals surface area contributed by atoms with E-state index in [2.05, 4.69) is 4.98 Å². The van der Waals surface area contributed by atoms with E-state index in [0.717, 1.165) is 11.3 Å². The van der Waals surface area contributed by atoms with Crippen LogP contribution in [-0.4, -0.2) is 41.5 Å². The van der Waals surface area contributed by atoms with E-state index < -0.39 is 44.6 Å². The molecule has 0 radical (unpaired) electrons. The number of alkyl halides is 3. The molecule has 3 heterocycles. The Labute approximate surface area is 177 Å². The van der Waals surface area contributed by atoms with Gasteiger partial charge in [0.05, 0.1) is 34.1 Å². The number of aromatic nitrogens is 1. The van der Waals surface area contributed by atoms with Gasteiger partial charge in [0.25, 0.3) is 11.2 Å². The molecule has 8 nitrogen and oxygen atoms in total. The molecule has 2 aromatic rings. The molecule has 0 N–H and O–H groups in total. The Bertz CT molecular complexity index is 1170. The van der Waals surface area contributed by atoms with Gasteiger partial charge in [-0.15, -0.1) is 6.42 Å². The number of nitro benzene ring substituents is 1. The second-order valence-electron chi connectivity index (χ2n) is 7.36. The van der Waals surface area contributed by atoms with E-state index in [-0.39, 0.29) is 15.9 Å². The molecule has 12 heteroatoms. The third-order valence-electron chi connectivity index (χ3n) is 5.30. The van der Waals surface area contributed by atoms with Gasteiger partial charge < -0.3 is 14.4 Å². The molecular formula is C19H16F3N3O5S. The molecule has 0 bridgehead atoms. The van der Waals surface area contributed by atoms with Gasteiger partial charge in [0.15, 0.2) is 10.9 Å². The van der Waals surface area contributed by atoms with Gasteiger partial charge in [0.2, 0.25) is 0 Å². The first kappa shape index (κ1) is 21.5. The van der Waals surface area contributed by atoms with Crippen molar-refractivity contribution >= 4 is 32.2 Å². The van der Waals surface area contributed by atoms with Gasteiger partial charge in [-0.25, -0.2) is 0 Å². The van der Waals surface area contributed by atoms with Crippen molar-refractivity contribution < 1.29 is 27.6 Å². The van der Waals surface area contributed by atoms with E-state index in [1.54, 1.807) is 4.90 Å². The van der Waals surface area contributed by atoms with Crippen LogP contribution in [0.2, 0.25) is 0 Å². The first-order chi connectivity index (χ1) is 14.5. The van der Waals surface area contributed by atoms with Crippen molar-refractivity contribution in [3.63, 3.8) is 0 Å². The number of rotatable bonds is 2. The Morgan fingerprint density at radius 1 is 1.42 bits per heavy atom. The molecule has 0 saturated carbocycles. The van der Waals surface area contributed by atoms with Crippen molar-refractivity contribution in [1.82, 2.24) is 4.98 Å². The summed E-state index contributed by atoms with van der Waals surface area (Å²) in [6.07, 6.45) is 1.23. The molecule has 2 aliphatic heterocycles. The van der Waals surface area contributed by atoms with Crippen molar-refractivity contribution in [2.75, 3.05) is 24.6 Å². The zero-order valence-electron chi connectivity index (χ0n) is 16.2. The molecule has 1 spiro atoms. The van der Waals surface area contributed by atoms with Crippen molar-refractivity contribution in [3.8, 4) is 12.3 Å². The lowest BCUT2D eigenvalue weighted by Crippen LogP contribution is -2.45. The number of non-ortho nitro benzene ring substituents is 1. The van der Waals surface area contributed by atoms with E-state index in [1.807, 2.05) is 12.8 Å². The molecule has 1 aromatic heterocycles. The van der Waals surface area contributed by atoms with Crippen LogP contribution in [0.1, 0.15) is 30.9 Å². The van der Waals surface area contributed by atoms with Crippen LogP contribution in [0.15, 0.2) is 10.9 Å². The van der Waals surface area contributed by atoms with Crippen molar-refractivity contribution in [1.29, 1.82) is 0 Å². The zero-order chi connectivity index (χ0) is 22.6. The minimum atomic E-state index is -4.96. The van der Waals surface area contributed by atoms with Gasteiger partial charge in [-0.1, -0.05) is 17.3 Å². The van der Waals surface area contributed by atoms with Crippen LogP contribution in [0.3, 0.4) is 0 Å². The summed E-state index contributed by atoms with van der Waals surface area (Å²) >= 11 is 0.771. The molecule has 4 rings (SSSR count). The number of nitrogens with zero attached hydrogens (tertiary/aromatic N) is 3. The van der Waals surface area contributed by atoms with Crippen LogP contribution in [-0.2, 0) is 15.7 Å². The Morgan fingerprint density at radius 2 is 2.10 bits per heavy atom. The number of ether oxygens (including phenoxy) is 2. The highest BCUT2D eigenvalue weighted by Crippen LogP contribution is 2.42. The van der Waals surface area contributed by atoms with E-state index in [1.165, 1.54) is 0 Å². The van der Waals surface area contributed by atoms with Crippen LogP contribution >= 0.6 is 11.3 Å². The van der Waals surface area contributed by atoms with Crippen LogP contribution in [0, 0.1) is 22.5 Å². The van der Waals surface area contributed by atoms with Gasteiger partial charge in [-0.3, -0.25) is 14.9 Å². The maximum absolute atomic E-state index is 13.4. The molecule has 2 saturated heterocycles. The lowest BCUT2D eigenvalue weighted by atomic mass is 10.0. The number of halogens is 3. The third kappa shape index (κ3) is 3.73. The SMILES string of the molecule is C#Cc1c(C(F)(F)F)cc([N+](=O)[O-])c2sc(N3CCC4(CC3)OC[C@H](C)O4)nc(=O)c12. The highest BCUT2D eigenvalue weighted by molar-refractivity contribution is 7.22. The van der Waals surface area contributed by atoms with E-state index in [0.29, 0.717) is 38.6 Å². The Balaban J connectivity index is 1.80. The average Bonchev–Trinajstić information content (AvgIpc) is 3.06. The number of hydrogen-bond donors (Lipinski definition) is 0. The molecule has 2 aliphatic rings. The molecule has 0 amide bonds. The Morgan fingerprint density at radius 3 is 2.61 bits per heavy atom. The predicted molar refractivity (Wildman–Crippen MR) is 106 cm³/mol. The fourth-order valence-electron chi connectivity index (χ4n) is 3.86. The van der Waals surface area contributed by atoms with Crippen LogP contribution in [0.5, 0.6) is 0 Å². The van der Waals surface area contributed by atoms with Crippen molar-refractivity contribution in [3.05, 3.63) is 37.7 Å². The summed E-state index contributed by atoms with van der Waals surface area (Å²) in [5.74, 6) is 1.16.